The third kappa shape index (κ3) is 2.76. The zero-order valence-electron chi connectivity index (χ0n) is 11.6. The maximum absolute atomic E-state index is 6.05. The van der Waals surface area contributed by atoms with E-state index < -0.39 is 0 Å². The fraction of sp³-hybridized carbons (Fsp3) is 0.625. The Hall–Kier alpha value is -0.860. The summed E-state index contributed by atoms with van der Waals surface area (Å²) < 4.78 is 5.35. The van der Waals surface area contributed by atoms with E-state index in [0.29, 0.717) is 0 Å². The van der Waals surface area contributed by atoms with Gasteiger partial charge in [0.2, 0.25) is 0 Å². The monoisotopic (exact) mass is 247 g/mol. The Balaban J connectivity index is 2.20. The third-order valence-electron chi connectivity index (χ3n) is 4.42. The van der Waals surface area contributed by atoms with Crippen LogP contribution in [0.4, 0.5) is 0 Å². The van der Waals surface area contributed by atoms with Gasteiger partial charge in [0.1, 0.15) is 0 Å². The number of benzene rings is 1. The zero-order chi connectivity index (χ0) is 13.0. The largest absolute Gasteiger partial charge is 0.381 e. The molecule has 1 fully saturated rings. The summed E-state index contributed by atoms with van der Waals surface area (Å²) in [6, 6.07) is 8.95. The molecule has 2 N–H and O–H groups in total. The van der Waals surface area contributed by atoms with E-state index in [1.54, 1.807) is 7.11 Å². The molecule has 1 aliphatic rings. The lowest BCUT2D eigenvalue weighted by atomic mass is 9.78. The Bertz CT molecular complexity index is 382. The van der Waals surface area contributed by atoms with Crippen molar-refractivity contribution in [1.82, 2.24) is 0 Å². The molecular weight excluding hydrogens is 222 g/mol. The van der Waals surface area contributed by atoms with Gasteiger partial charge in [0.25, 0.3) is 0 Å². The van der Waals surface area contributed by atoms with Crippen LogP contribution in [0.5, 0.6) is 0 Å². The van der Waals surface area contributed by atoms with Crippen molar-refractivity contribution in [3.63, 3.8) is 0 Å². The summed E-state index contributed by atoms with van der Waals surface area (Å²) >= 11 is 0. The van der Waals surface area contributed by atoms with Crippen molar-refractivity contribution in [2.75, 3.05) is 13.7 Å². The predicted molar refractivity (Wildman–Crippen MR) is 75.8 cm³/mol. The van der Waals surface area contributed by atoms with Crippen molar-refractivity contribution >= 4 is 0 Å². The van der Waals surface area contributed by atoms with Crippen LogP contribution >= 0.6 is 0 Å². The van der Waals surface area contributed by atoms with E-state index in [2.05, 4.69) is 31.2 Å². The summed E-state index contributed by atoms with van der Waals surface area (Å²) in [5.41, 5.74) is 9.09. The highest BCUT2D eigenvalue weighted by Crippen LogP contribution is 2.40. The Morgan fingerprint density at radius 2 is 2.06 bits per heavy atom. The lowest BCUT2D eigenvalue weighted by molar-refractivity contribution is 0.119. The van der Waals surface area contributed by atoms with Crippen LogP contribution in [0.2, 0.25) is 0 Å². The lowest BCUT2D eigenvalue weighted by Crippen LogP contribution is -2.32. The molecule has 2 rings (SSSR count). The molecule has 0 heterocycles. The third-order valence-corrected chi connectivity index (χ3v) is 4.42. The van der Waals surface area contributed by atoms with Gasteiger partial charge in [-0.15, -0.1) is 0 Å². The first-order valence-corrected chi connectivity index (χ1v) is 7.02. The van der Waals surface area contributed by atoms with Gasteiger partial charge in [0.05, 0.1) is 6.10 Å². The summed E-state index contributed by atoms with van der Waals surface area (Å²) in [4.78, 5) is 0. The molecular formula is C16H25NO. The number of rotatable bonds is 5. The molecule has 18 heavy (non-hydrogen) atoms. The van der Waals surface area contributed by atoms with Crippen molar-refractivity contribution in [3.05, 3.63) is 35.4 Å². The van der Waals surface area contributed by atoms with Gasteiger partial charge in [-0.05, 0) is 37.3 Å². The summed E-state index contributed by atoms with van der Waals surface area (Å²) in [6.07, 6.45) is 6.37. The van der Waals surface area contributed by atoms with E-state index in [0.717, 1.165) is 13.0 Å². The van der Waals surface area contributed by atoms with Gasteiger partial charge in [0.15, 0.2) is 0 Å². The highest BCUT2D eigenvalue weighted by atomic mass is 16.5. The quantitative estimate of drug-likeness (QED) is 0.868. The van der Waals surface area contributed by atoms with E-state index in [4.69, 9.17) is 10.5 Å². The van der Waals surface area contributed by atoms with Crippen molar-refractivity contribution in [2.45, 2.75) is 50.5 Å². The van der Waals surface area contributed by atoms with Crippen LogP contribution in [-0.4, -0.2) is 19.8 Å². The molecule has 0 amide bonds. The fourth-order valence-corrected chi connectivity index (χ4v) is 3.11. The number of ether oxygens (including phenoxy) is 1. The average molecular weight is 247 g/mol. The van der Waals surface area contributed by atoms with Crippen molar-refractivity contribution < 1.29 is 4.74 Å². The van der Waals surface area contributed by atoms with Crippen molar-refractivity contribution in [2.24, 2.45) is 5.73 Å². The molecule has 1 aromatic carbocycles. The van der Waals surface area contributed by atoms with E-state index in [-0.39, 0.29) is 11.5 Å². The maximum atomic E-state index is 6.05. The van der Waals surface area contributed by atoms with Gasteiger partial charge in [-0.2, -0.15) is 0 Å². The van der Waals surface area contributed by atoms with Crippen LogP contribution in [0, 0.1) is 0 Å². The maximum Gasteiger partial charge on any atom is 0.0583 e. The zero-order valence-corrected chi connectivity index (χ0v) is 11.6. The van der Waals surface area contributed by atoms with E-state index in [1.165, 1.54) is 36.8 Å². The minimum Gasteiger partial charge on any atom is -0.381 e. The lowest BCUT2D eigenvalue weighted by Gasteiger charge is -2.28. The van der Waals surface area contributed by atoms with Crippen LogP contribution in [0.15, 0.2) is 24.3 Å². The molecule has 100 valence electrons. The summed E-state index contributed by atoms with van der Waals surface area (Å²) in [5, 5.41) is 0. The first-order valence-electron chi connectivity index (χ1n) is 7.02. The second kappa shape index (κ2) is 5.85. The molecule has 2 heteroatoms. The Labute approximate surface area is 111 Å². The molecule has 0 aliphatic heterocycles. The normalized spacial score (nSPS) is 19.9. The van der Waals surface area contributed by atoms with Crippen molar-refractivity contribution in [3.8, 4) is 0 Å². The number of methoxy groups -OCH3 is 1. The number of hydrogen-bond donors (Lipinski definition) is 1. The molecule has 1 atom stereocenters. The standard InChI is InChI=1S/C16H25NO/c1-13(18-2)10-14-6-5-7-15(11-14)16(12-17)8-3-4-9-16/h5-7,11,13H,3-4,8-10,12,17H2,1-2H3. The van der Waals surface area contributed by atoms with E-state index in [9.17, 15) is 0 Å². The van der Waals surface area contributed by atoms with Crippen LogP contribution < -0.4 is 5.73 Å². The molecule has 0 radical (unpaired) electrons. The molecule has 1 aliphatic carbocycles. The van der Waals surface area contributed by atoms with Gasteiger partial charge < -0.3 is 10.5 Å². The molecule has 1 saturated carbocycles. The van der Waals surface area contributed by atoms with Gasteiger partial charge in [0, 0.05) is 19.1 Å². The highest BCUT2D eigenvalue weighted by Gasteiger charge is 2.34. The van der Waals surface area contributed by atoms with Gasteiger partial charge in [-0.25, -0.2) is 0 Å². The molecule has 0 spiro atoms. The minimum absolute atomic E-state index is 0.242. The summed E-state index contributed by atoms with van der Waals surface area (Å²) in [7, 11) is 1.77. The Morgan fingerprint density at radius 1 is 1.33 bits per heavy atom. The number of nitrogens with two attached hydrogens (primary N) is 1. The van der Waals surface area contributed by atoms with Crippen LogP contribution in [0.3, 0.4) is 0 Å². The highest BCUT2D eigenvalue weighted by molar-refractivity contribution is 5.32. The van der Waals surface area contributed by atoms with E-state index in [1.807, 2.05) is 0 Å². The first kappa shape index (κ1) is 13.6. The molecule has 0 bridgehead atoms. The first-order chi connectivity index (χ1) is 8.70. The van der Waals surface area contributed by atoms with Crippen LogP contribution in [-0.2, 0) is 16.6 Å². The second-order valence-corrected chi connectivity index (χ2v) is 5.64. The molecule has 0 saturated heterocycles. The molecule has 2 nitrogen and oxygen atoms in total. The van der Waals surface area contributed by atoms with Crippen LogP contribution in [0.1, 0.15) is 43.7 Å². The van der Waals surface area contributed by atoms with Crippen molar-refractivity contribution in [1.29, 1.82) is 0 Å². The molecule has 1 aromatic rings. The molecule has 1 unspecified atom stereocenters. The smallest absolute Gasteiger partial charge is 0.0583 e. The summed E-state index contributed by atoms with van der Waals surface area (Å²) in [6.45, 7) is 2.89. The minimum atomic E-state index is 0.242. The predicted octanol–water partition coefficient (Wildman–Crippen LogP) is 3.03. The fourth-order valence-electron chi connectivity index (χ4n) is 3.11. The van der Waals surface area contributed by atoms with Gasteiger partial charge in [-0.1, -0.05) is 37.1 Å². The van der Waals surface area contributed by atoms with Gasteiger partial charge in [-0.3, -0.25) is 0 Å². The van der Waals surface area contributed by atoms with Gasteiger partial charge >= 0.3 is 0 Å². The van der Waals surface area contributed by atoms with Crippen LogP contribution in [0.25, 0.3) is 0 Å². The second-order valence-electron chi connectivity index (χ2n) is 5.64. The average Bonchev–Trinajstić information content (AvgIpc) is 2.89. The number of hydrogen-bond acceptors (Lipinski definition) is 2. The Kier molecular flexibility index (Phi) is 4.41. The molecule has 0 aromatic heterocycles. The summed E-state index contributed by atoms with van der Waals surface area (Å²) in [5.74, 6) is 0. The topological polar surface area (TPSA) is 35.2 Å². The SMILES string of the molecule is COC(C)Cc1cccc(C2(CN)CCCC2)c1. The van der Waals surface area contributed by atoms with E-state index >= 15 is 0 Å². The Morgan fingerprint density at radius 3 is 2.67 bits per heavy atom.